The molecule has 1 amide bonds. The van der Waals surface area contributed by atoms with Crippen molar-refractivity contribution in [3.63, 3.8) is 0 Å². The van der Waals surface area contributed by atoms with E-state index in [1.54, 1.807) is 0 Å². The Morgan fingerprint density at radius 3 is 2.67 bits per heavy atom. The van der Waals surface area contributed by atoms with E-state index in [2.05, 4.69) is 5.32 Å². The maximum Gasteiger partial charge on any atom is 0.258 e. The number of nitrogens with one attached hydrogen (secondary N) is 1. The van der Waals surface area contributed by atoms with Crippen molar-refractivity contribution in [1.82, 2.24) is 5.32 Å². The van der Waals surface area contributed by atoms with Crippen LogP contribution in [0.4, 0.5) is 0 Å². The molecule has 4 heteroatoms. The van der Waals surface area contributed by atoms with Crippen LogP contribution < -0.4 is 10.1 Å². The zero-order valence-electron chi connectivity index (χ0n) is 12.7. The highest BCUT2D eigenvalue weighted by Crippen LogP contribution is 2.23. The molecule has 0 atom stereocenters. The Hall–Kier alpha value is -1.55. The summed E-state index contributed by atoms with van der Waals surface area (Å²) in [6.07, 6.45) is 7.06. The van der Waals surface area contributed by atoms with Gasteiger partial charge in [-0.15, -0.1) is 0 Å². The number of ether oxygens (including phenoxy) is 1. The number of carbonyl (C=O) groups is 1. The molecule has 0 spiro atoms. The Labute approximate surface area is 126 Å². The van der Waals surface area contributed by atoms with Gasteiger partial charge in [-0.1, -0.05) is 43.9 Å². The Bertz CT molecular complexity index is 465. The summed E-state index contributed by atoms with van der Waals surface area (Å²) < 4.78 is 5.62. The fourth-order valence-electron chi connectivity index (χ4n) is 2.88. The van der Waals surface area contributed by atoms with E-state index in [4.69, 9.17) is 4.74 Å². The third kappa shape index (κ3) is 4.74. The van der Waals surface area contributed by atoms with Crippen molar-refractivity contribution in [3.05, 3.63) is 29.3 Å². The number of hydrogen-bond acceptors (Lipinski definition) is 3. The number of amides is 1. The molecular weight excluding hydrogens is 266 g/mol. The quantitative estimate of drug-likeness (QED) is 0.820. The van der Waals surface area contributed by atoms with Crippen LogP contribution in [-0.2, 0) is 11.4 Å². The van der Waals surface area contributed by atoms with Gasteiger partial charge in [0.1, 0.15) is 5.75 Å². The maximum absolute atomic E-state index is 12.0. The van der Waals surface area contributed by atoms with Crippen LogP contribution in [0.3, 0.4) is 0 Å². The molecule has 0 aliphatic heterocycles. The first-order chi connectivity index (χ1) is 10.2. The number of benzene rings is 1. The Kier molecular flexibility index (Phi) is 6.05. The molecule has 1 aromatic rings. The van der Waals surface area contributed by atoms with Crippen molar-refractivity contribution in [2.75, 3.05) is 6.61 Å². The number of carbonyl (C=O) groups excluding carboxylic acids is 1. The maximum atomic E-state index is 12.0. The van der Waals surface area contributed by atoms with E-state index in [1.807, 2.05) is 25.1 Å². The van der Waals surface area contributed by atoms with Gasteiger partial charge in [0.15, 0.2) is 6.61 Å². The van der Waals surface area contributed by atoms with Crippen LogP contribution in [0.2, 0.25) is 0 Å². The Morgan fingerprint density at radius 1 is 1.29 bits per heavy atom. The summed E-state index contributed by atoms with van der Waals surface area (Å²) >= 11 is 0. The minimum Gasteiger partial charge on any atom is -0.483 e. The molecule has 2 N–H and O–H groups in total. The second-order valence-corrected chi connectivity index (χ2v) is 5.77. The van der Waals surface area contributed by atoms with Crippen LogP contribution in [0.1, 0.15) is 49.7 Å². The van der Waals surface area contributed by atoms with Crippen LogP contribution in [0.15, 0.2) is 18.2 Å². The molecule has 1 aliphatic rings. The fraction of sp³-hybridized carbons (Fsp3) is 0.588. The molecule has 1 aromatic carbocycles. The highest BCUT2D eigenvalue weighted by molar-refractivity contribution is 5.77. The average molecular weight is 291 g/mol. The average Bonchev–Trinajstić information content (AvgIpc) is 2.74. The van der Waals surface area contributed by atoms with Crippen molar-refractivity contribution in [2.24, 2.45) is 0 Å². The van der Waals surface area contributed by atoms with Gasteiger partial charge >= 0.3 is 0 Å². The van der Waals surface area contributed by atoms with E-state index in [-0.39, 0.29) is 25.2 Å². The third-order valence-electron chi connectivity index (χ3n) is 4.03. The van der Waals surface area contributed by atoms with Gasteiger partial charge in [-0.3, -0.25) is 4.79 Å². The van der Waals surface area contributed by atoms with Crippen LogP contribution in [-0.4, -0.2) is 23.7 Å². The standard InChI is InChI=1S/C17H25NO3/c1-13-7-6-8-14(11-19)17(13)21-12-16(20)18-15-9-4-2-3-5-10-15/h6-8,15,19H,2-5,9-12H2,1H3,(H,18,20). The lowest BCUT2D eigenvalue weighted by Gasteiger charge is -2.17. The minimum atomic E-state index is -0.0821. The molecule has 21 heavy (non-hydrogen) atoms. The summed E-state index contributed by atoms with van der Waals surface area (Å²) in [5, 5.41) is 12.4. The topological polar surface area (TPSA) is 58.6 Å². The van der Waals surface area contributed by atoms with Crippen LogP contribution >= 0.6 is 0 Å². The Morgan fingerprint density at radius 2 is 2.00 bits per heavy atom. The molecule has 0 saturated heterocycles. The second-order valence-electron chi connectivity index (χ2n) is 5.77. The first kappa shape index (κ1) is 15.8. The minimum absolute atomic E-state index is 0.00829. The van der Waals surface area contributed by atoms with Gasteiger partial charge in [-0.2, -0.15) is 0 Å². The fourth-order valence-corrected chi connectivity index (χ4v) is 2.88. The number of hydrogen-bond donors (Lipinski definition) is 2. The van der Waals surface area contributed by atoms with Crippen molar-refractivity contribution in [3.8, 4) is 5.75 Å². The number of aryl methyl sites for hydroxylation is 1. The summed E-state index contributed by atoms with van der Waals surface area (Å²) in [4.78, 5) is 12.0. The van der Waals surface area contributed by atoms with E-state index < -0.39 is 0 Å². The van der Waals surface area contributed by atoms with E-state index >= 15 is 0 Å². The van der Waals surface area contributed by atoms with Gasteiger partial charge in [0.2, 0.25) is 0 Å². The third-order valence-corrected chi connectivity index (χ3v) is 4.03. The predicted molar refractivity (Wildman–Crippen MR) is 82.2 cm³/mol. The zero-order chi connectivity index (χ0) is 15.1. The molecule has 0 aromatic heterocycles. The van der Waals surface area contributed by atoms with Crippen molar-refractivity contribution in [2.45, 2.75) is 58.1 Å². The van der Waals surface area contributed by atoms with E-state index in [0.29, 0.717) is 5.75 Å². The van der Waals surface area contributed by atoms with Crippen LogP contribution in [0, 0.1) is 6.92 Å². The van der Waals surface area contributed by atoms with Crippen LogP contribution in [0.25, 0.3) is 0 Å². The summed E-state index contributed by atoms with van der Waals surface area (Å²) in [5.41, 5.74) is 1.65. The normalized spacial score (nSPS) is 16.3. The largest absolute Gasteiger partial charge is 0.483 e. The van der Waals surface area contributed by atoms with Gasteiger partial charge in [0.25, 0.3) is 5.91 Å². The van der Waals surface area contributed by atoms with Crippen molar-refractivity contribution < 1.29 is 14.6 Å². The van der Waals surface area contributed by atoms with E-state index in [9.17, 15) is 9.90 Å². The lowest BCUT2D eigenvalue weighted by atomic mass is 10.1. The van der Waals surface area contributed by atoms with Gasteiger partial charge in [-0.05, 0) is 25.3 Å². The van der Waals surface area contributed by atoms with Crippen molar-refractivity contribution in [1.29, 1.82) is 0 Å². The van der Waals surface area contributed by atoms with Crippen LogP contribution in [0.5, 0.6) is 5.75 Å². The lowest BCUT2D eigenvalue weighted by Crippen LogP contribution is -2.37. The zero-order valence-corrected chi connectivity index (χ0v) is 12.7. The molecule has 1 fully saturated rings. The molecule has 0 heterocycles. The van der Waals surface area contributed by atoms with Gasteiger partial charge in [0, 0.05) is 11.6 Å². The monoisotopic (exact) mass is 291 g/mol. The molecule has 0 unspecified atom stereocenters. The van der Waals surface area contributed by atoms with E-state index in [0.717, 1.165) is 24.0 Å². The number of aliphatic hydroxyl groups is 1. The predicted octanol–water partition coefficient (Wildman–Crippen LogP) is 2.71. The first-order valence-corrected chi connectivity index (χ1v) is 7.82. The highest BCUT2D eigenvalue weighted by Gasteiger charge is 2.15. The lowest BCUT2D eigenvalue weighted by molar-refractivity contribution is -0.123. The molecule has 0 bridgehead atoms. The highest BCUT2D eigenvalue weighted by atomic mass is 16.5. The van der Waals surface area contributed by atoms with Crippen molar-refractivity contribution >= 4 is 5.91 Å². The summed E-state index contributed by atoms with van der Waals surface area (Å²) in [6, 6.07) is 5.89. The number of aliphatic hydroxyl groups excluding tert-OH is 1. The van der Waals surface area contributed by atoms with E-state index in [1.165, 1.54) is 25.7 Å². The molecule has 4 nitrogen and oxygen atoms in total. The molecule has 1 saturated carbocycles. The summed E-state index contributed by atoms with van der Waals surface area (Å²) in [6.45, 7) is 1.84. The van der Waals surface area contributed by atoms with Gasteiger partial charge < -0.3 is 15.2 Å². The van der Waals surface area contributed by atoms with Gasteiger partial charge in [-0.25, -0.2) is 0 Å². The van der Waals surface area contributed by atoms with Gasteiger partial charge in [0.05, 0.1) is 6.61 Å². The molecule has 1 aliphatic carbocycles. The summed E-state index contributed by atoms with van der Waals surface area (Å²) in [5.74, 6) is 0.546. The number of rotatable bonds is 5. The SMILES string of the molecule is Cc1cccc(CO)c1OCC(=O)NC1CCCCCC1. The first-order valence-electron chi connectivity index (χ1n) is 7.82. The Balaban J connectivity index is 1.86. The smallest absolute Gasteiger partial charge is 0.258 e. The molecular formula is C17H25NO3. The number of para-hydroxylation sites is 1. The second kappa shape index (κ2) is 8.03. The molecule has 116 valence electrons. The summed E-state index contributed by atoms with van der Waals surface area (Å²) in [7, 11) is 0. The molecule has 0 radical (unpaired) electrons. The molecule has 2 rings (SSSR count).